The number of carboxylic acid groups (broad SMARTS) is 2. The van der Waals surface area contributed by atoms with E-state index in [1.807, 2.05) is 0 Å². The van der Waals surface area contributed by atoms with Crippen molar-refractivity contribution >= 4 is 46.7 Å². The van der Waals surface area contributed by atoms with E-state index in [2.05, 4.69) is 13.2 Å². The Balaban J connectivity index is 2.00. The first-order valence-electron chi connectivity index (χ1n) is 15.9. The topological polar surface area (TPSA) is 115 Å². The number of benzene rings is 2. The highest BCUT2D eigenvalue weighted by Crippen LogP contribution is 2.54. The first-order chi connectivity index (χ1) is 25.2. The number of likely N-dealkylation sites (tertiary alicyclic amines) is 2. The lowest BCUT2D eigenvalue weighted by Gasteiger charge is -2.32. The minimum Gasteiger partial charge on any atom is -0.481 e. The van der Waals surface area contributed by atoms with Crippen molar-refractivity contribution in [2.24, 2.45) is 11.8 Å². The molecule has 2 aliphatic heterocycles. The van der Waals surface area contributed by atoms with Crippen LogP contribution in [0.3, 0.4) is 0 Å². The first kappa shape index (κ1) is 43.0. The third kappa shape index (κ3) is 9.24. The highest BCUT2D eigenvalue weighted by Gasteiger charge is 2.49. The fourth-order valence-electron chi connectivity index (χ4n) is 6.26. The zero-order valence-corrected chi connectivity index (χ0v) is 28.7. The quantitative estimate of drug-likeness (QED) is 0.203. The Morgan fingerprint density at radius 2 is 0.836 bits per heavy atom. The van der Waals surface area contributed by atoms with Gasteiger partial charge in [-0.3, -0.25) is 19.2 Å². The van der Waals surface area contributed by atoms with Gasteiger partial charge >= 0.3 is 36.6 Å². The lowest BCUT2D eigenvalue weighted by atomic mass is 9.94. The zero-order chi connectivity index (χ0) is 41.6. The van der Waals surface area contributed by atoms with Gasteiger partial charge in [0, 0.05) is 58.2 Å². The van der Waals surface area contributed by atoms with Crippen molar-refractivity contribution < 1.29 is 82.1 Å². The van der Waals surface area contributed by atoms with Gasteiger partial charge in [-0.05, 0) is 37.8 Å². The molecule has 0 atom stereocenters. The lowest BCUT2D eigenvalue weighted by Crippen LogP contribution is -2.40. The Morgan fingerprint density at radius 1 is 0.545 bits per heavy atom. The molecule has 8 nitrogen and oxygen atoms in total. The molecule has 2 aliphatic rings. The summed E-state index contributed by atoms with van der Waals surface area (Å²) in [6, 6.07) is 0.325. The predicted molar refractivity (Wildman–Crippen MR) is 169 cm³/mol. The summed E-state index contributed by atoms with van der Waals surface area (Å²) in [5.41, 5.74) is -14.7. The maximum Gasteiger partial charge on any atom is 0.418 e. The summed E-state index contributed by atoms with van der Waals surface area (Å²) in [5, 5.41) is 18.5. The molecule has 2 fully saturated rings. The van der Waals surface area contributed by atoms with E-state index >= 15 is 0 Å². The largest absolute Gasteiger partial charge is 0.481 e. The van der Waals surface area contributed by atoms with Crippen LogP contribution in [0, 0.1) is 11.8 Å². The fraction of sp³-hybridized carbons (Fsp3) is 0.412. The summed E-state index contributed by atoms with van der Waals surface area (Å²) in [6.07, 6.45) is -24.6. The zero-order valence-electron chi connectivity index (χ0n) is 27.9. The molecule has 0 radical (unpaired) electrons. The number of carbonyl (C=O) groups is 4. The maximum absolute atomic E-state index is 14.8. The van der Waals surface area contributed by atoms with Crippen LogP contribution in [0.4, 0.5) is 52.7 Å². The van der Waals surface area contributed by atoms with Gasteiger partial charge in [0.05, 0.1) is 34.1 Å². The van der Waals surface area contributed by atoms with Gasteiger partial charge in [0.15, 0.2) is 0 Å². The minimum atomic E-state index is -6.09. The van der Waals surface area contributed by atoms with Gasteiger partial charge in [-0.1, -0.05) is 37.1 Å². The number of amides is 2. The minimum absolute atomic E-state index is 0.127. The number of piperidine rings is 2. The van der Waals surface area contributed by atoms with Gasteiger partial charge in [0.25, 0.3) is 11.8 Å². The third-order valence-electron chi connectivity index (χ3n) is 9.13. The van der Waals surface area contributed by atoms with E-state index in [1.54, 1.807) is 0 Å². The Kier molecular flexibility index (Phi) is 12.1. The molecule has 2 saturated heterocycles. The van der Waals surface area contributed by atoms with E-state index in [9.17, 15) is 82.1 Å². The average molecular weight is 821 g/mol. The van der Waals surface area contributed by atoms with Crippen LogP contribution in [-0.2, 0) is 43.9 Å². The van der Waals surface area contributed by atoms with Crippen LogP contribution in [0.1, 0.15) is 59.1 Å². The molecule has 55 heavy (non-hydrogen) atoms. The van der Waals surface area contributed by atoms with Crippen LogP contribution in [0.2, 0.25) is 0 Å². The number of aliphatic carboxylic acids is 2. The van der Waals surface area contributed by atoms with E-state index < -0.39 is 126 Å². The molecule has 0 bridgehead atoms. The Morgan fingerprint density at radius 3 is 1.07 bits per heavy atom. The van der Waals surface area contributed by atoms with Crippen molar-refractivity contribution in [3.8, 4) is 0 Å². The molecule has 21 heteroatoms. The second-order valence-corrected chi connectivity index (χ2v) is 13.6. The fourth-order valence-corrected chi connectivity index (χ4v) is 7.72. The van der Waals surface area contributed by atoms with E-state index in [4.69, 9.17) is 0 Å². The van der Waals surface area contributed by atoms with Crippen molar-refractivity contribution in [1.82, 2.24) is 9.80 Å². The van der Waals surface area contributed by atoms with Gasteiger partial charge < -0.3 is 20.0 Å². The third-order valence-corrected chi connectivity index (χ3v) is 10.4. The monoisotopic (exact) mass is 820 g/mol. The number of hydrogen-bond acceptors (Lipinski definition) is 5. The maximum atomic E-state index is 14.8. The normalized spacial score (nSPS) is 16.6. The molecule has 0 saturated carbocycles. The summed E-state index contributed by atoms with van der Waals surface area (Å²) in [4.78, 5) is 47.8. The van der Waals surface area contributed by atoms with E-state index in [-0.39, 0.29) is 76.1 Å². The smallest absolute Gasteiger partial charge is 0.418 e. The number of nitrogens with zero attached hydrogens (tertiary/aromatic N) is 2. The van der Waals surface area contributed by atoms with Crippen LogP contribution in [-0.4, -0.2) is 69.9 Å². The standard InChI is InChI=1S/C34H28F12N2O6S/c1-15(27(49)47-11-7-17(8-12-47)29(51)52)19-3-5-21(31(35,36)37)23(33(41,42)43)25(19)55-26-20(4-6-22(32(38,39)40)24(26)34(44,45)46)16(2)28(50)48-13-9-18(10-14-48)30(53)54/h3-6,17-18H,1-2,7-14H2,(H,51,52)(H,53,54). The molecule has 4 rings (SSSR count). The van der Waals surface area contributed by atoms with Crippen molar-refractivity contribution in [2.75, 3.05) is 26.2 Å². The van der Waals surface area contributed by atoms with E-state index in [0.717, 1.165) is 9.80 Å². The Hall–Kier alpha value is -4.69. The molecule has 2 heterocycles. The summed E-state index contributed by atoms with van der Waals surface area (Å²) in [6.45, 7) is 5.44. The highest BCUT2D eigenvalue weighted by atomic mass is 32.2. The molecular formula is C34H28F12N2O6S. The van der Waals surface area contributed by atoms with Crippen LogP contribution in [0.5, 0.6) is 0 Å². The SMILES string of the molecule is C=C(C(=O)N1CCC(C(=O)O)CC1)c1ccc(C(F)(F)F)c(C(F)(F)F)c1Sc1c(C(=C)C(=O)N2CCC(C(=O)O)CC2)ccc(C(F)(F)F)c1C(F)(F)F. The van der Waals surface area contributed by atoms with Gasteiger partial charge in [0.1, 0.15) is 0 Å². The van der Waals surface area contributed by atoms with Crippen LogP contribution < -0.4 is 0 Å². The van der Waals surface area contributed by atoms with Crippen LogP contribution >= 0.6 is 11.8 Å². The van der Waals surface area contributed by atoms with Gasteiger partial charge in [-0.2, -0.15) is 52.7 Å². The van der Waals surface area contributed by atoms with Crippen LogP contribution in [0.15, 0.2) is 47.2 Å². The molecule has 300 valence electrons. The summed E-state index contributed by atoms with van der Waals surface area (Å²) in [5.74, 6) is -6.86. The van der Waals surface area contributed by atoms with Crippen molar-refractivity contribution in [3.05, 3.63) is 70.8 Å². The predicted octanol–water partition coefficient (Wildman–Crippen LogP) is 8.59. The number of carboxylic acids is 2. The summed E-state index contributed by atoms with van der Waals surface area (Å²) in [7, 11) is 0. The van der Waals surface area contributed by atoms with E-state index in [0.29, 0.717) is 0 Å². The Bertz CT molecular complexity index is 1770. The number of alkyl halides is 12. The van der Waals surface area contributed by atoms with E-state index in [1.165, 1.54) is 0 Å². The molecule has 0 spiro atoms. The number of halogens is 12. The lowest BCUT2D eigenvalue weighted by molar-refractivity contribution is -0.164. The first-order valence-corrected chi connectivity index (χ1v) is 16.7. The highest BCUT2D eigenvalue weighted by molar-refractivity contribution is 7.99. The molecule has 0 unspecified atom stereocenters. The molecule has 2 aromatic carbocycles. The molecular weight excluding hydrogens is 792 g/mol. The average Bonchev–Trinajstić information content (AvgIpc) is 3.08. The number of hydrogen-bond donors (Lipinski definition) is 2. The number of rotatable bonds is 8. The van der Waals surface area contributed by atoms with Gasteiger partial charge in [-0.25, -0.2) is 0 Å². The summed E-state index contributed by atoms with van der Waals surface area (Å²) < 4.78 is 174. The Labute approximate surface area is 307 Å². The van der Waals surface area contributed by atoms with Gasteiger partial charge in [-0.15, -0.1) is 0 Å². The van der Waals surface area contributed by atoms with Gasteiger partial charge in [0.2, 0.25) is 0 Å². The molecule has 2 aromatic rings. The second-order valence-electron chi connectivity index (χ2n) is 12.6. The van der Waals surface area contributed by atoms with Crippen molar-refractivity contribution in [2.45, 2.75) is 60.2 Å². The van der Waals surface area contributed by atoms with Crippen LogP contribution in [0.25, 0.3) is 11.1 Å². The summed E-state index contributed by atoms with van der Waals surface area (Å²) >= 11 is -0.857. The molecule has 0 aromatic heterocycles. The van der Waals surface area contributed by atoms with Crippen molar-refractivity contribution in [1.29, 1.82) is 0 Å². The van der Waals surface area contributed by atoms with Crippen molar-refractivity contribution in [3.63, 3.8) is 0 Å². The molecule has 0 aliphatic carbocycles. The molecule has 2 amide bonds. The second kappa shape index (κ2) is 15.4. The number of carbonyl (C=O) groups excluding carboxylic acids is 2. The molecule has 2 N–H and O–H groups in total.